The van der Waals surface area contributed by atoms with E-state index < -0.39 is 0 Å². The van der Waals surface area contributed by atoms with Gasteiger partial charge in [0.05, 0.1) is 0 Å². The van der Waals surface area contributed by atoms with Crippen LogP contribution < -0.4 is 5.73 Å². The van der Waals surface area contributed by atoms with Gasteiger partial charge in [0.25, 0.3) is 0 Å². The number of rotatable bonds is 6. The molecule has 3 nitrogen and oxygen atoms in total. The molecule has 0 amide bonds. The molecule has 0 radical (unpaired) electrons. The van der Waals surface area contributed by atoms with Gasteiger partial charge in [-0.25, -0.2) is 0 Å². The normalized spacial score (nSPS) is 20.2. The average Bonchev–Trinajstić information content (AvgIpc) is 2.50. The minimum Gasteiger partial charge on any atom is -0.330 e. The molecular formula is C13H29N3. The lowest BCUT2D eigenvalue weighted by Gasteiger charge is -2.24. The van der Waals surface area contributed by atoms with Gasteiger partial charge in [-0.1, -0.05) is 6.42 Å². The Morgan fingerprint density at radius 1 is 1.00 bits per heavy atom. The van der Waals surface area contributed by atoms with Crippen molar-refractivity contribution in [3.8, 4) is 0 Å². The van der Waals surface area contributed by atoms with Crippen molar-refractivity contribution in [3.63, 3.8) is 0 Å². The van der Waals surface area contributed by atoms with Gasteiger partial charge in [-0.2, -0.15) is 0 Å². The van der Waals surface area contributed by atoms with E-state index in [2.05, 4.69) is 23.6 Å². The van der Waals surface area contributed by atoms with Crippen LogP contribution in [-0.2, 0) is 0 Å². The van der Waals surface area contributed by atoms with Gasteiger partial charge >= 0.3 is 0 Å². The first kappa shape index (κ1) is 13.9. The number of nitrogens with zero attached hydrogens (tertiary/aromatic N) is 2. The Hall–Kier alpha value is -0.120. The Bertz CT molecular complexity index is 171. The fourth-order valence-electron chi connectivity index (χ4n) is 2.39. The predicted octanol–water partition coefficient (Wildman–Crippen LogP) is 1.53. The second kappa shape index (κ2) is 8.04. The highest BCUT2D eigenvalue weighted by Gasteiger charge is 2.15. The summed E-state index contributed by atoms with van der Waals surface area (Å²) in [5.41, 5.74) is 5.50. The van der Waals surface area contributed by atoms with E-state index in [9.17, 15) is 0 Å². The van der Waals surface area contributed by atoms with Crippen LogP contribution in [0, 0.1) is 0 Å². The Labute approximate surface area is 101 Å². The van der Waals surface area contributed by atoms with E-state index in [1.807, 2.05) is 0 Å². The third-order valence-electron chi connectivity index (χ3n) is 3.53. The molecule has 1 aliphatic heterocycles. The molecule has 0 unspecified atom stereocenters. The minimum absolute atomic E-state index is 0.706. The Balaban J connectivity index is 2.15. The first-order chi connectivity index (χ1) is 7.74. The summed E-state index contributed by atoms with van der Waals surface area (Å²) < 4.78 is 0. The van der Waals surface area contributed by atoms with Crippen LogP contribution in [0.3, 0.4) is 0 Å². The third kappa shape index (κ3) is 5.28. The van der Waals surface area contributed by atoms with Gasteiger partial charge in [0.1, 0.15) is 0 Å². The van der Waals surface area contributed by atoms with Gasteiger partial charge < -0.3 is 10.6 Å². The molecule has 0 aromatic carbocycles. The molecule has 2 N–H and O–H groups in total. The Morgan fingerprint density at radius 3 is 2.50 bits per heavy atom. The first-order valence-corrected chi connectivity index (χ1v) is 6.90. The van der Waals surface area contributed by atoms with Gasteiger partial charge in [0.2, 0.25) is 0 Å². The molecule has 0 aromatic heterocycles. The van der Waals surface area contributed by atoms with E-state index in [4.69, 9.17) is 5.73 Å². The van der Waals surface area contributed by atoms with Crippen LogP contribution in [-0.4, -0.2) is 55.1 Å². The molecule has 0 saturated carbocycles. The van der Waals surface area contributed by atoms with Crippen LogP contribution in [0.5, 0.6) is 0 Å². The molecule has 3 heteroatoms. The van der Waals surface area contributed by atoms with Crippen molar-refractivity contribution >= 4 is 0 Å². The van der Waals surface area contributed by atoms with Crippen molar-refractivity contribution < 1.29 is 0 Å². The molecule has 0 spiro atoms. The average molecular weight is 227 g/mol. The highest BCUT2D eigenvalue weighted by molar-refractivity contribution is 4.71. The van der Waals surface area contributed by atoms with Crippen molar-refractivity contribution in [2.45, 2.75) is 45.6 Å². The quantitative estimate of drug-likeness (QED) is 0.699. The fourth-order valence-corrected chi connectivity index (χ4v) is 2.39. The van der Waals surface area contributed by atoms with E-state index in [1.165, 1.54) is 58.4 Å². The second-order valence-electron chi connectivity index (χ2n) is 5.17. The highest BCUT2D eigenvalue weighted by Crippen LogP contribution is 2.07. The molecule has 1 aliphatic rings. The lowest BCUT2D eigenvalue weighted by atomic mass is 10.2. The molecule has 1 fully saturated rings. The monoisotopic (exact) mass is 227 g/mol. The van der Waals surface area contributed by atoms with Crippen LogP contribution in [0.25, 0.3) is 0 Å². The maximum absolute atomic E-state index is 5.50. The summed E-state index contributed by atoms with van der Waals surface area (Å²) in [5, 5.41) is 0. The number of hydrogen-bond donors (Lipinski definition) is 1. The summed E-state index contributed by atoms with van der Waals surface area (Å²) in [6.07, 6.45) is 5.13. The van der Waals surface area contributed by atoms with Gasteiger partial charge in [0.15, 0.2) is 0 Å². The minimum atomic E-state index is 0.706. The predicted molar refractivity (Wildman–Crippen MR) is 70.7 cm³/mol. The summed E-state index contributed by atoms with van der Waals surface area (Å²) in [6.45, 7) is 11.8. The Kier molecular flexibility index (Phi) is 7.01. The van der Waals surface area contributed by atoms with Crippen molar-refractivity contribution in [2.75, 3.05) is 39.3 Å². The second-order valence-corrected chi connectivity index (χ2v) is 5.17. The first-order valence-electron chi connectivity index (χ1n) is 6.90. The lowest BCUT2D eigenvalue weighted by molar-refractivity contribution is 0.219. The fraction of sp³-hybridized carbons (Fsp3) is 1.00. The van der Waals surface area contributed by atoms with Crippen molar-refractivity contribution in [3.05, 3.63) is 0 Å². The van der Waals surface area contributed by atoms with Crippen LogP contribution in [0.15, 0.2) is 0 Å². The van der Waals surface area contributed by atoms with Gasteiger partial charge in [-0.3, -0.25) is 4.90 Å². The lowest BCUT2D eigenvalue weighted by Crippen LogP contribution is -2.35. The SMILES string of the molecule is CC(C)N1CCCN(CCCCCN)CC1. The summed E-state index contributed by atoms with van der Waals surface area (Å²) in [4.78, 5) is 5.22. The molecular weight excluding hydrogens is 198 g/mol. The van der Waals surface area contributed by atoms with E-state index in [-0.39, 0.29) is 0 Å². The molecule has 1 rings (SSSR count). The maximum Gasteiger partial charge on any atom is 0.0112 e. The molecule has 0 aromatic rings. The maximum atomic E-state index is 5.50. The van der Waals surface area contributed by atoms with Crippen LogP contribution >= 0.6 is 0 Å². The molecule has 0 atom stereocenters. The van der Waals surface area contributed by atoms with Crippen LogP contribution in [0.2, 0.25) is 0 Å². The van der Waals surface area contributed by atoms with Crippen molar-refractivity contribution in [1.29, 1.82) is 0 Å². The molecule has 96 valence electrons. The van der Waals surface area contributed by atoms with E-state index >= 15 is 0 Å². The van der Waals surface area contributed by atoms with E-state index in [1.54, 1.807) is 0 Å². The van der Waals surface area contributed by atoms with Gasteiger partial charge in [-0.15, -0.1) is 0 Å². The molecule has 1 heterocycles. The van der Waals surface area contributed by atoms with Crippen molar-refractivity contribution in [1.82, 2.24) is 9.80 Å². The molecule has 16 heavy (non-hydrogen) atoms. The zero-order chi connectivity index (χ0) is 11.8. The molecule has 0 bridgehead atoms. The van der Waals surface area contributed by atoms with Crippen molar-refractivity contribution in [2.24, 2.45) is 5.73 Å². The summed E-state index contributed by atoms with van der Waals surface area (Å²) >= 11 is 0. The number of hydrogen-bond acceptors (Lipinski definition) is 3. The Morgan fingerprint density at radius 2 is 1.81 bits per heavy atom. The topological polar surface area (TPSA) is 32.5 Å². The molecule has 1 saturated heterocycles. The summed E-state index contributed by atoms with van der Waals surface area (Å²) in [5.74, 6) is 0. The zero-order valence-electron chi connectivity index (χ0n) is 11.1. The van der Waals surface area contributed by atoms with Crippen LogP contribution in [0.4, 0.5) is 0 Å². The summed E-state index contributed by atoms with van der Waals surface area (Å²) in [6, 6.07) is 0.706. The third-order valence-corrected chi connectivity index (χ3v) is 3.53. The highest BCUT2D eigenvalue weighted by atomic mass is 15.2. The molecule has 0 aliphatic carbocycles. The largest absolute Gasteiger partial charge is 0.330 e. The standard InChI is InChI=1S/C13H29N3/c1-13(2)16-10-6-9-15(11-12-16)8-5-3-4-7-14/h13H,3-12,14H2,1-2H3. The smallest absolute Gasteiger partial charge is 0.0112 e. The summed E-state index contributed by atoms with van der Waals surface area (Å²) in [7, 11) is 0. The number of nitrogens with two attached hydrogens (primary N) is 1. The van der Waals surface area contributed by atoms with E-state index in [0.29, 0.717) is 6.04 Å². The van der Waals surface area contributed by atoms with E-state index in [0.717, 1.165) is 6.54 Å². The van der Waals surface area contributed by atoms with Gasteiger partial charge in [0, 0.05) is 19.1 Å². The zero-order valence-corrected chi connectivity index (χ0v) is 11.1. The number of unbranched alkanes of at least 4 members (excludes halogenated alkanes) is 2. The van der Waals surface area contributed by atoms with Crippen LogP contribution in [0.1, 0.15) is 39.5 Å². The van der Waals surface area contributed by atoms with Gasteiger partial charge in [-0.05, 0) is 59.3 Å².